The van der Waals surface area contributed by atoms with Crippen LogP contribution >= 0.6 is 0 Å². The van der Waals surface area contributed by atoms with Crippen LogP contribution in [0.1, 0.15) is 37.8 Å². The molecule has 1 aromatic heterocycles. The van der Waals surface area contributed by atoms with E-state index in [-0.39, 0.29) is 11.7 Å². The second kappa shape index (κ2) is 6.23. The molecule has 25 heavy (non-hydrogen) atoms. The number of aromatic hydroxyl groups is 1. The Balaban J connectivity index is 1.80. The Kier molecular flexibility index (Phi) is 3.91. The van der Waals surface area contributed by atoms with Gasteiger partial charge in [0.15, 0.2) is 0 Å². The molecule has 2 aromatic rings. The summed E-state index contributed by atoms with van der Waals surface area (Å²) in [5.41, 5.74) is 2.25. The predicted molar refractivity (Wildman–Crippen MR) is 93.0 cm³/mol. The zero-order valence-corrected chi connectivity index (χ0v) is 14.1. The molecule has 2 aliphatic heterocycles. The van der Waals surface area contributed by atoms with E-state index in [2.05, 4.69) is 15.4 Å². The number of rotatable bonds is 2. The fraction of sp³-hybridized carbons (Fsp3) is 0.389. The van der Waals surface area contributed by atoms with Crippen LogP contribution in [0.5, 0.6) is 5.75 Å². The molecule has 3 heterocycles. The lowest BCUT2D eigenvalue weighted by Crippen LogP contribution is -2.40. The number of aromatic nitrogens is 3. The lowest BCUT2D eigenvalue weighted by molar-refractivity contribution is -0.128. The number of phenolic OH excluding ortho intramolecular Hbond substituents is 1. The molecule has 0 bridgehead atoms. The number of anilines is 1. The molecule has 1 fully saturated rings. The van der Waals surface area contributed by atoms with Crippen LogP contribution in [-0.4, -0.2) is 43.8 Å². The van der Waals surface area contributed by atoms with E-state index in [1.165, 1.54) is 12.7 Å². The first-order valence-corrected chi connectivity index (χ1v) is 8.60. The summed E-state index contributed by atoms with van der Waals surface area (Å²) >= 11 is 0. The van der Waals surface area contributed by atoms with E-state index in [0.717, 1.165) is 37.2 Å². The second-order valence-electron chi connectivity index (χ2n) is 6.54. The molecule has 4 rings (SSSR count). The molecular formula is C18H21N5O2. The number of phenols is 1. The van der Waals surface area contributed by atoms with Gasteiger partial charge in [-0.15, -0.1) is 0 Å². The third kappa shape index (κ3) is 2.75. The second-order valence-corrected chi connectivity index (χ2v) is 6.54. The van der Waals surface area contributed by atoms with Crippen LogP contribution in [0.25, 0.3) is 0 Å². The lowest BCUT2D eigenvalue weighted by atomic mass is 9.94. The maximum atomic E-state index is 13.3. The van der Waals surface area contributed by atoms with Crippen LogP contribution in [0.4, 0.5) is 5.95 Å². The molecule has 0 saturated carbocycles. The van der Waals surface area contributed by atoms with Crippen molar-refractivity contribution in [2.45, 2.75) is 32.2 Å². The predicted octanol–water partition coefficient (Wildman–Crippen LogP) is 2.29. The molecular weight excluding hydrogens is 318 g/mol. The molecule has 1 atom stereocenters. The highest BCUT2D eigenvalue weighted by Gasteiger charge is 2.35. The quantitative estimate of drug-likeness (QED) is 0.877. The van der Waals surface area contributed by atoms with Gasteiger partial charge in [-0.05, 0) is 43.9 Å². The first-order valence-electron chi connectivity index (χ1n) is 8.60. The molecule has 130 valence electrons. The van der Waals surface area contributed by atoms with Crippen molar-refractivity contribution in [2.24, 2.45) is 0 Å². The Morgan fingerprint density at radius 2 is 2.08 bits per heavy atom. The number of benzene rings is 1. The van der Waals surface area contributed by atoms with Gasteiger partial charge in [0.05, 0.1) is 5.57 Å². The number of piperidine rings is 1. The molecule has 7 heteroatoms. The summed E-state index contributed by atoms with van der Waals surface area (Å²) in [6.07, 6.45) is 4.72. The molecule has 0 unspecified atom stereocenters. The highest BCUT2D eigenvalue weighted by atomic mass is 16.3. The summed E-state index contributed by atoms with van der Waals surface area (Å²) in [6, 6.07) is 6.58. The highest BCUT2D eigenvalue weighted by Crippen LogP contribution is 2.36. The zero-order chi connectivity index (χ0) is 17.4. The van der Waals surface area contributed by atoms with Gasteiger partial charge in [0.1, 0.15) is 18.1 Å². The number of likely N-dealkylation sites (tertiary alicyclic amines) is 1. The Morgan fingerprint density at radius 1 is 1.28 bits per heavy atom. The smallest absolute Gasteiger partial charge is 0.254 e. The van der Waals surface area contributed by atoms with Gasteiger partial charge in [-0.2, -0.15) is 10.1 Å². The number of allylic oxidation sites excluding steroid dienone is 1. The number of carbonyl (C=O) groups is 1. The van der Waals surface area contributed by atoms with E-state index in [0.29, 0.717) is 11.5 Å². The standard InChI is InChI=1S/C18H21N5O2/c1-12-15(17(25)22-8-3-2-4-9-22)16(13-6-5-7-14(24)10-13)23-18(21-12)19-11-20-23/h5-7,10-11,16,24H,2-4,8-9H2,1H3,(H,19,20,21)/t16-/m0/s1. The van der Waals surface area contributed by atoms with Crippen LogP contribution in [0.2, 0.25) is 0 Å². The van der Waals surface area contributed by atoms with Crippen molar-refractivity contribution in [1.82, 2.24) is 19.7 Å². The molecule has 2 aliphatic rings. The number of hydrogen-bond acceptors (Lipinski definition) is 5. The van der Waals surface area contributed by atoms with Crippen molar-refractivity contribution in [3.63, 3.8) is 0 Å². The number of carbonyl (C=O) groups excluding carboxylic acids is 1. The average Bonchev–Trinajstić information content (AvgIpc) is 3.08. The molecule has 1 amide bonds. The molecule has 7 nitrogen and oxygen atoms in total. The van der Waals surface area contributed by atoms with Crippen LogP contribution in [0.3, 0.4) is 0 Å². The summed E-state index contributed by atoms with van der Waals surface area (Å²) in [5, 5.41) is 17.4. The van der Waals surface area contributed by atoms with Gasteiger partial charge in [0.2, 0.25) is 5.95 Å². The molecule has 0 spiro atoms. The zero-order valence-electron chi connectivity index (χ0n) is 14.1. The monoisotopic (exact) mass is 339 g/mol. The van der Waals surface area contributed by atoms with Crippen molar-refractivity contribution in [1.29, 1.82) is 0 Å². The van der Waals surface area contributed by atoms with Gasteiger partial charge in [0.25, 0.3) is 5.91 Å². The van der Waals surface area contributed by atoms with E-state index in [9.17, 15) is 9.90 Å². The summed E-state index contributed by atoms with van der Waals surface area (Å²) in [5.74, 6) is 0.792. The normalized spacial score (nSPS) is 20.2. The van der Waals surface area contributed by atoms with Crippen molar-refractivity contribution in [3.8, 4) is 5.75 Å². The van der Waals surface area contributed by atoms with Crippen LogP contribution in [0.15, 0.2) is 41.9 Å². The maximum absolute atomic E-state index is 13.3. The minimum absolute atomic E-state index is 0.0270. The SMILES string of the molecule is CC1=C(C(=O)N2CCCCC2)[C@H](c2cccc(O)c2)n2ncnc2N1. The van der Waals surface area contributed by atoms with Crippen molar-refractivity contribution < 1.29 is 9.90 Å². The fourth-order valence-corrected chi connectivity index (χ4v) is 3.64. The summed E-state index contributed by atoms with van der Waals surface area (Å²) < 4.78 is 1.71. The summed E-state index contributed by atoms with van der Waals surface area (Å²) in [7, 11) is 0. The summed E-state index contributed by atoms with van der Waals surface area (Å²) in [6.45, 7) is 3.46. The lowest BCUT2D eigenvalue weighted by Gasteiger charge is -2.34. The largest absolute Gasteiger partial charge is 0.508 e. The van der Waals surface area contributed by atoms with E-state index in [1.807, 2.05) is 17.9 Å². The first-order chi connectivity index (χ1) is 12.1. The van der Waals surface area contributed by atoms with E-state index < -0.39 is 6.04 Å². The number of fused-ring (bicyclic) bond motifs is 1. The van der Waals surface area contributed by atoms with Crippen molar-refractivity contribution in [2.75, 3.05) is 18.4 Å². The van der Waals surface area contributed by atoms with Gasteiger partial charge >= 0.3 is 0 Å². The van der Waals surface area contributed by atoms with Crippen LogP contribution < -0.4 is 5.32 Å². The Hall–Kier alpha value is -2.83. The Morgan fingerprint density at radius 3 is 2.84 bits per heavy atom. The molecule has 0 radical (unpaired) electrons. The van der Waals surface area contributed by atoms with E-state index >= 15 is 0 Å². The molecule has 2 N–H and O–H groups in total. The minimum Gasteiger partial charge on any atom is -0.508 e. The third-order valence-corrected chi connectivity index (χ3v) is 4.85. The maximum Gasteiger partial charge on any atom is 0.254 e. The van der Waals surface area contributed by atoms with Crippen molar-refractivity contribution in [3.05, 3.63) is 47.4 Å². The molecule has 0 aliphatic carbocycles. The van der Waals surface area contributed by atoms with Crippen molar-refractivity contribution >= 4 is 11.9 Å². The molecule has 1 aromatic carbocycles. The number of hydrogen-bond donors (Lipinski definition) is 2. The first kappa shape index (κ1) is 15.7. The topological polar surface area (TPSA) is 83.3 Å². The van der Waals surface area contributed by atoms with Gasteiger partial charge in [0, 0.05) is 18.8 Å². The number of nitrogens with one attached hydrogen (secondary N) is 1. The van der Waals surface area contributed by atoms with Gasteiger partial charge in [-0.3, -0.25) is 4.79 Å². The summed E-state index contributed by atoms with van der Waals surface area (Å²) in [4.78, 5) is 19.4. The average molecular weight is 339 g/mol. The number of nitrogens with zero attached hydrogens (tertiary/aromatic N) is 4. The third-order valence-electron chi connectivity index (χ3n) is 4.85. The Labute approximate surface area is 146 Å². The highest BCUT2D eigenvalue weighted by molar-refractivity contribution is 5.96. The van der Waals surface area contributed by atoms with Crippen LogP contribution in [-0.2, 0) is 4.79 Å². The van der Waals surface area contributed by atoms with Gasteiger partial charge < -0.3 is 15.3 Å². The van der Waals surface area contributed by atoms with E-state index in [1.54, 1.807) is 22.9 Å². The van der Waals surface area contributed by atoms with E-state index in [4.69, 9.17) is 0 Å². The van der Waals surface area contributed by atoms with Gasteiger partial charge in [-0.1, -0.05) is 12.1 Å². The minimum atomic E-state index is -0.403. The fourth-order valence-electron chi connectivity index (χ4n) is 3.64. The molecule has 1 saturated heterocycles. The Bertz CT molecular complexity index is 835. The number of amides is 1. The van der Waals surface area contributed by atoms with Crippen LogP contribution in [0, 0.1) is 0 Å². The van der Waals surface area contributed by atoms with Gasteiger partial charge in [-0.25, -0.2) is 4.68 Å².